The summed E-state index contributed by atoms with van der Waals surface area (Å²) < 4.78 is 11.1. The van der Waals surface area contributed by atoms with Gasteiger partial charge in [0.15, 0.2) is 0 Å². The zero-order valence-electron chi connectivity index (χ0n) is 18.2. The van der Waals surface area contributed by atoms with Crippen LogP contribution in [0, 0.1) is 6.92 Å². The van der Waals surface area contributed by atoms with Crippen molar-refractivity contribution < 1.29 is 24.2 Å². The van der Waals surface area contributed by atoms with E-state index in [1.165, 1.54) is 23.3 Å². The second-order valence-electron chi connectivity index (χ2n) is 8.00. The Kier molecular flexibility index (Phi) is 5.13. The van der Waals surface area contributed by atoms with Gasteiger partial charge in [-0.25, -0.2) is 0 Å². The summed E-state index contributed by atoms with van der Waals surface area (Å²) in [5.41, 5.74) is 2.00. The lowest BCUT2D eigenvalue weighted by Gasteiger charge is -2.23. The fourth-order valence-corrected chi connectivity index (χ4v) is 4.98. The van der Waals surface area contributed by atoms with E-state index in [2.05, 4.69) is 10.2 Å². The van der Waals surface area contributed by atoms with Crippen LogP contribution in [-0.4, -0.2) is 40.2 Å². The number of Topliss-reactive ketones (excluding diaryl/α,β-unsaturated/α-hetero) is 1. The van der Waals surface area contributed by atoms with Crippen LogP contribution in [0.15, 0.2) is 48.0 Å². The van der Waals surface area contributed by atoms with Gasteiger partial charge in [-0.15, -0.1) is 10.2 Å². The van der Waals surface area contributed by atoms with Gasteiger partial charge in [0.05, 0.1) is 18.7 Å². The zero-order valence-corrected chi connectivity index (χ0v) is 19.0. The van der Waals surface area contributed by atoms with Crippen molar-refractivity contribution in [2.75, 3.05) is 12.0 Å². The molecule has 5 rings (SSSR count). The number of aliphatic hydroxyl groups excluding tert-OH is 1. The summed E-state index contributed by atoms with van der Waals surface area (Å²) in [5.74, 6) is -0.465. The number of anilines is 1. The normalized spacial score (nSPS) is 21.2. The molecule has 3 aromatic rings. The second kappa shape index (κ2) is 8.00. The standard InChI is InChI=1S/C24H21N3O5S/c1-12-9-16-10-15(7-8-18(16)32-12)21(28)19-20(14-5-4-6-17(11-14)31-3)27(23(30)22(19)29)24-26-25-13(2)33-24/h4-8,10-12,20,28H,9H2,1-3H3/t12-,20+/m0/s1. The minimum absolute atomic E-state index is 0.00646. The molecule has 0 aliphatic carbocycles. The van der Waals surface area contributed by atoms with E-state index in [-0.39, 0.29) is 22.6 Å². The molecule has 0 radical (unpaired) electrons. The molecule has 9 heteroatoms. The number of ether oxygens (including phenoxy) is 2. The van der Waals surface area contributed by atoms with Gasteiger partial charge < -0.3 is 14.6 Å². The van der Waals surface area contributed by atoms with Gasteiger partial charge in [-0.2, -0.15) is 0 Å². The van der Waals surface area contributed by atoms with Crippen LogP contribution in [0.2, 0.25) is 0 Å². The Hall–Kier alpha value is -3.72. The van der Waals surface area contributed by atoms with Gasteiger partial charge in [0, 0.05) is 12.0 Å². The molecule has 2 aromatic carbocycles. The van der Waals surface area contributed by atoms with Crippen molar-refractivity contribution in [3.8, 4) is 11.5 Å². The number of ketones is 1. The maximum atomic E-state index is 13.2. The van der Waals surface area contributed by atoms with Gasteiger partial charge in [-0.1, -0.05) is 23.5 Å². The lowest BCUT2D eigenvalue weighted by Crippen LogP contribution is -2.29. The Bertz CT molecular complexity index is 1310. The number of aryl methyl sites for hydroxylation is 1. The highest BCUT2D eigenvalue weighted by molar-refractivity contribution is 7.15. The molecule has 2 atom stereocenters. The first kappa shape index (κ1) is 21.1. The minimum Gasteiger partial charge on any atom is -0.507 e. The van der Waals surface area contributed by atoms with E-state index >= 15 is 0 Å². The molecule has 2 aliphatic rings. The maximum absolute atomic E-state index is 13.2. The summed E-state index contributed by atoms with van der Waals surface area (Å²) in [6, 6.07) is 11.5. The molecule has 0 spiro atoms. The molecule has 1 saturated heterocycles. The molecule has 2 aliphatic heterocycles. The number of nitrogens with zero attached hydrogens (tertiary/aromatic N) is 3. The monoisotopic (exact) mass is 463 g/mol. The highest BCUT2D eigenvalue weighted by atomic mass is 32.1. The fourth-order valence-electron chi connectivity index (χ4n) is 4.27. The van der Waals surface area contributed by atoms with Crippen LogP contribution in [0.3, 0.4) is 0 Å². The Balaban J connectivity index is 1.69. The van der Waals surface area contributed by atoms with Crippen molar-refractivity contribution in [2.45, 2.75) is 32.4 Å². The summed E-state index contributed by atoms with van der Waals surface area (Å²) in [4.78, 5) is 27.7. The number of hydrogen-bond donors (Lipinski definition) is 1. The summed E-state index contributed by atoms with van der Waals surface area (Å²) in [5, 5.41) is 20.4. The van der Waals surface area contributed by atoms with E-state index in [4.69, 9.17) is 9.47 Å². The Labute approximate surface area is 194 Å². The molecular weight excluding hydrogens is 442 g/mol. The average molecular weight is 464 g/mol. The fraction of sp³-hybridized carbons (Fsp3) is 0.250. The van der Waals surface area contributed by atoms with Crippen LogP contribution in [-0.2, 0) is 16.0 Å². The van der Waals surface area contributed by atoms with Gasteiger partial charge in [0.2, 0.25) is 5.13 Å². The molecule has 1 fully saturated rings. The van der Waals surface area contributed by atoms with Gasteiger partial charge >= 0.3 is 5.91 Å². The third-order valence-corrected chi connectivity index (χ3v) is 6.58. The summed E-state index contributed by atoms with van der Waals surface area (Å²) in [6.45, 7) is 3.74. The van der Waals surface area contributed by atoms with E-state index in [1.54, 1.807) is 49.4 Å². The van der Waals surface area contributed by atoms with Gasteiger partial charge in [0.25, 0.3) is 5.78 Å². The number of amides is 1. The van der Waals surface area contributed by atoms with Crippen molar-refractivity contribution >= 4 is 33.9 Å². The van der Waals surface area contributed by atoms with Crippen molar-refractivity contribution in [3.63, 3.8) is 0 Å². The van der Waals surface area contributed by atoms with Crippen LogP contribution in [0.4, 0.5) is 5.13 Å². The molecule has 168 valence electrons. The van der Waals surface area contributed by atoms with Gasteiger partial charge in [-0.05, 0) is 55.3 Å². The quantitative estimate of drug-likeness (QED) is 0.357. The Morgan fingerprint density at radius 2 is 2.03 bits per heavy atom. The smallest absolute Gasteiger partial charge is 0.301 e. The summed E-state index contributed by atoms with van der Waals surface area (Å²) in [6.07, 6.45) is 0.745. The third-order valence-electron chi connectivity index (χ3n) is 5.74. The van der Waals surface area contributed by atoms with E-state index in [0.29, 0.717) is 28.3 Å². The SMILES string of the molecule is COc1cccc([C@@H]2C(=C(O)c3ccc4c(c3)C[C@H](C)O4)C(=O)C(=O)N2c2nnc(C)s2)c1. The van der Waals surface area contributed by atoms with Gasteiger partial charge in [-0.3, -0.25) is 14.5 Å². The molecule has 1 amide bonds. The topological polar surface area (TPSA) is 102 Å². The first-order chi connectivity index (χ1) is 15.9. The number of carbonyl (C=O) groups is 2. The number of rotatable bonds is 4. The van der Waals surface area contributed by atoms with Crippen LogP contribution < -0.4 is 14.4 Å². The summed E-state index contributed by atoms with van der Waals surface area (Å²) >= 11 is 1.20. The first-order valence-electron chi connectivity index (χ1n) is 10.4. The number of methoxy groups -OCH3 is 1. The molecular formula is C24H21N3O5S. The summed E-state index contributed by atoms with van der Waals surface area (Å²) in [7, 11) is 1.54. The highest BCUT2D eigenvalue weighted by Gasteiger charge is 2.48. The molecule has 0 bridgehead atoms. The van der Waals surface area contributed by atoms with Crippen molar-refractivity contribution in [3.05, 3.63) is 69.7 Å². The van der Waals surface area contributed by atoms with E-state index in [9.17, 15) is 14.7 Å². The van der Waals surface area contributed by atoms with Gasteiger partial charge in [0.1, 0.15) is 28.4 Å². The van der Waals surface area contributed by atoms with E-state index < -0.39 is 17.7 Å². The van der Waals surface area contributed by atoms with Crippen LogP contribution >= 0.6 is 11.3 Å². The van der Waals surface area contributed by atoms with Crippen LogP contribution in [0.1, 0.15) is 34.7 Å². The number of aromatic nitrogens is 2. The molecule has 1 N–H and O–H groups in total. The Morgan fingerprint density at radius 3 is 2.76 bits per heavy atom. The number of hydrogen-bond acceptors (Lipinski definition) is 8. The van der Waals surface area contributed by atoms with Crippen molar-refractivity contribution in [2.24, 2.45) is 0 Å². The third kappa shape index (κ3) is 3.54. The molecule has 0 saturated carbocycles. The van der Waals surface area contributed by atoms with E-state index in [0.717, 1.165) is 11.3 Å². The molecule has 1 aromatic heterocycles. The molecule has 3 heterocycles. The minimum atomic E-state index is -0.879. The number of carbonyl (C=O) groups excluding carboxylic acids is 2. The van der Waals surface area contributed by atoms with E-state index in [1.807, 2.05) is 6.92 Å². The zero-order chi connectivity index (χ0) is 23.3. The first-order valence-corrected chi connectivity index (χ1v) is 11.2. The molecule has 8 nitrogen and oxygen atoms in total. The molecule has 33 heavy (non-hydrogen) atoms. The predicted molar refractivity (Wildman–Crippen MR) is 123 cm³/mol. The number of fused-ring (bicyclic) bond motifs is 1. The number of benzene rings is 2. The number of aliphatic hydroxyl groups is 1. The second-order valence-corrected chi connectivity index (χ2v) is 9.16. The van der Waals surface area contributed by atoms with Crippen molar-refractivity contribution in [1.82, 2.24) is 10.2 Å². The predicted octanol–water partition coefficient (Wildman–Crippen LogP) is 3.80. The lowest BCUT2D eigenvalue weighted by atomic mass is 9.94. The average Bonchev–Trinajstić information content (AvgIpc) is 3.48. The van der Waals surface area contributed by atoms with Crippen molar-refractivity contribution in [1.29, 1.82) is 0 Å². The van der Waals surface area contributed by atoms with Crippen LogP contribution in [0.25, 0.3) is 5.76 Å². The molecule has 0 unspecified atom stereocenters. The Morgan fingerprint density at radius 1 is 1.21 bits per heavy atom. The lowest BCUT2D eigenvalue weighted by molar-refractivity contribution is -0.132. The highest BCUT2D eigenvalue weighted by Crippen LogP contribution is 2.44. The maximum Gasteiger partial charge on any atom is 0.301 e. The largest absolute Gasteiger partial charge is 0.507 e. The van der Waals surface area contributed by atoms with Crippen LogP contribution in [0.5, 0.6) is 11.5 Å².